The molecule has 6 nitrogen and oxygen atoms in total. The van der Waals surface area contributed by atoms with Crippen LogP contribution in [-0.2, 0) is 6.54 Å². The third-order valence-corrected chi connectivity index (χ3v) is 4.81. The van der Waals surface area contributed by atoms with Crippen molar-refractivity contribution in [3.8, 4) is 11.3 Å². The Kier molecular flexibility index (Phi) is 7.89. The minimum Gasteiger partial charge on any atom is -0.393 e. The third-order valence-electron chi connectivity index (χ3n) is 4.81. The maximum atomic E-state index is 9.95. The first kappa shape index (κ1) is 20.7. The van der Waals surface area contributed by atoms with Crippen molar-refractivity contribution < 1.29 is 5.11 Å². The van der Waals surface area contributed by atoms with Crippen LogP contribution in [-0.4, -0.2) is 52.7 Å². The average molecular weight is 469 g/mol. The summed E-state index contributed by atoms with van der Waals surface area (Å²) in [6.45, 7) is 1.39. The summed E-state index contributed by atoms with van der Waals surface area (Å²) in [6, 6.07) is 10.2. The van der Waals surface area contributed by atoms with Gasteiger partial charge in [0.2, 0.25) is 0 Å². The molecular formula is C19H28IN5O. The summed E-state index contributed by atoms with van der Waals surface area (Å²) >= 11 is 0. The molecule has 0 radical (unpaired) electrons. The second-order valence-electron chi connectivity index (χ2n) is 6.65. The number of guanidine groups is 1. The SMILES string of the molecule is CN=C(NCC1CCCC1O)N(C)Cc1ncc(-c2ccccc2)[nH]1.I. The van der Waals surface area contributed by atoms with Crippen LogP contribution in [0.25, 0.3) is 11.3 Å². The van der Waals surface area contributed by atoms with E-state index in [2.05, 4.69) is 32.4 Å². The van der Waals surface area contributed by atoms with E-state index in [1.54, 1.807) is 7.05 Å². The highest BCUT2D eigenvalue weighted by atomic mass is 127. The van der Waals surface area contributed by atoms with E-state index in [0.29, 0.717) is 12.5 Å². The molecule has 26 heavy (non-hydrogen) atoms. The lowest BCUT2D eigenvalue weighted by Crippen LogP contribution is -2.41. The van der Waals surface area contributed by atoms with E-state index in [1.807, 2.05) is 36.3 Å². The molecule has 142 valence electrons. The van der Waals surface area contributed by atoms with Gasteiger partial charge in [0.05, 0.1) is 24.5 Å². The first-order chi connectivity index (χ1) is 12.2. The lowest BCUT2D eigenvalue weighted by atomic mass is 10.1. The van der Waals surface area contributed by atoms with Crippen LogP contribution in [0, 0.1) is 5.92 Å². The van der Waals surface area contributed by atoms with Gasteiger partial charge < -0.3 is 20.3 Å². The Morgan fingerprint density at radius 2 is 2.12 bits per heavy atom. The Balaban J connectivity index is 0.00000243. The predicted molar refractivity (Wildman–Crippen MR) is 116 cm³/mol. The van der Waals surface area contributed by atoms with E-state index < -0.39 is 0 Å². The van der Waals surface area contributed by atoms with Gasteiger partial charge in [-0.2, -0.15) is 0 Å². The van der Waals surface area contributed by atoms with Gasteiger partial charge in [-0.15, -0.1) is 24.0 Å². The second-order valence-corrected chi connectivity index (χ2v) is 6.65. The van der Waals surface area contributed by atoms with E-state index in [1.165, 1.54) is 0 Å². The minimum atomic E-state index is -0.186. The van der Waals surface area contributed by atoms with Gasteiger partial charge in [0.25, 0.3) is 0 Å². The zero-order chi connectivity index (χ0) is 17.6. The molecular weight excluding hydrogens is 441 g/mol. The van der Waals surface area contributed by atoms with E-state index >= 15 is 0 Å². The molecule has 0 aliphatic heterocycles. The molecule has 0 bridgehead atoms. The zero-order valence-corrected chi connectivity index (χ0v) is 17.7. The zero-order valence-electron chi connectivity index (χ0n) is 15.4. The minimum absolute atomic E-state index is 0. The Bertz CT molecular complexity index is 703. The molecule has 0 spiro atoms. The Hall–Kier alpha value is -1.61. The van der Waals surface area contributed by atoms with Crippen molar-refractivity contribution in [1.82, 2.24) is 20.2 Å². The van der Waals surface area contributed by atoms with Crippen molar-refractivity contribution in [2.24, 2.45) is 10.9 Å². The van der Waals surface area contributed by atoms with E-state index in [9.17, 15) is 5.11 Å². The van der Waals surface area contributed by atoms with Gasteiger partial charge >= 0.3 is 0 Å². The third kappa shape index (κ3) is 5.20. The monoisotopic (exact) mass is 469 g/mol. The van der Waals surface area contributed by atoms with Crippen LogP contribution in [0.4, 0.5) is 0 Å². The first-order valence-electron chi connectivity index (χ1n) is 8.86. The van der Waals surface area contributed by atoms with Crippen molar-refractivity contribution >= 4 is 29.9 Å². The highest BCUT2D eigenvalue weighted by Gasteiger charge is 2.25. The number of aromatic amines is 1. The normalized spacial score (nSPS) is 19.9. The average Bonchev–Trinajstić information content (AvgIpc) is 3.25. The summed E-state index contributed by atoms with van der Waals surface area (Å²) in [4.78, 5) is 14.2. The molecule has 1 fully saturated rings. The fourth-order valence-corrected chi connectivity index (χ4v) is 3.37. The number of nitrogens with zero attached hydrogens (tertiary/aromatic N) is 3. The van der Waals surface area contributed by atoms with Crippen LogP contribution >= 0.6 is 24.0 Å². The number of imidazole rings is 1. The lowest BCUT2D eigenvalue weighted by Gasteiger charge is -2.23. The molecule has 1 aromatic carbocycles. The number of hydrogen-bond donors (Lipinski definition) is 3. The number of aliphatic hydroxyl groups excluding tert-OH is 1. The molecule has 1 aromatic heterocycles. The van der Waals surface area contributed by atoms with Crippen molar-refractivity contribution in [2.45, 2.75) is 31.9 Å². The summed E-state index contributed by atoms with van der Waals surface area (Å²) in [5.41, 5.74) is 2.14. The number of nitrogens with one attached hydrogen (secondary N) is 2. The molecule has 1 heterocycles. The van der Waals surface area contributed by atoms with Crippen molar-refractivity contribution in [3.63, 3.8) is 0 Å². The Morgan fingerprint density at radius 1 is 1.35 bits per heavy atom. The molecule has 3 rings (SSSR count). The van der Waals surface area contributed by atoms with Gasteiger partial charge in [-0.1, -0.05) is 36.8 Å². The molecule has 2 aromatic rings. The van der Waals surface area contributed by atoms with Crippen LogP contribution in [0.15, 0.2) is 41.5 Å². The molecule has 1 saturated carbocycles. The fourth-order valence-electron chi connectivity index (χ4n) is 3.37. The topological polar surface area (TPSA) is 76.5 Å². The fraction of sp³-hybridized carbons (Fsp3) is 0.474. The van der Waals surface area contributed by atoms with Crippen LogP contribution in [0.5, 0.6) is 0 Å². The van der Waals surface area contributed by atoms with Crippen LogP contribution < -0.4 is 5.32 Å². The molecule has 0 amide bonds. The number of aromatic nitrogens is 2. The van der Waals surface area contributed by atoms with E-state index in [0.717, 1.165) is 48.8 Å². The number of benzene rings is 1. The molecule has 1 aliphatic carbocycles. The van der Waals surface area contributed by atoms with Crippen LogP contribution in [0.2, 0.25) is 0 Å². The van der Waals surface area contributed by atoms with Crippen LogP contribution in [0.1, 0.15) is 25.1 Å². The highest BCUT2D eigenvalue weighted by Crippen LogP contribution is 2.24. The van der Waals surface area contributed by atoms with Gasteiger partial charge in [0.15, 0.2) is 5.96 Å². The standard InChI is InChI=1S/C19H27N5O.HI/c1-20-19(22-11-15-9-6-10-17(15)25)24(2)13-18-21-12-16(23-18)14-7-4-3-5-8-14;/h3-5,7-8,12,15,17,25H,6,9-11,13H2,1-2H3,(H,20,22)(H,21,23);1H. The highest BCUT2D eigenvalue weighted by molar-refractivity contribution is 14.0. The van der Waals surface area contributed by atoms with Crippen LogP contribution in [0.3, 0.4) is 0 Å². The van der Waals surface area contributed by atoms with Crippen molar-refractivity contribution in [3.05, 3.63) is 42.4 Å². The van der Waals surface area contributed by atoms with Crippen molar-refractivity contribution in [1.29, 1.82) is 0 Å². The van der Waals surface area contributed by atoms with E-state index in [-0.39, 0.29) is 30.1 Å². The molecule has 2 atom stereocenters. The summed E-state index contributed by atoms with van der Waals surface area (Å²) in [5, 5.41) is 13.3. The number of rotatable bonds is 5. The molecule has 7 heteroatoms. The number of aliphatic imine (C=N–C) groups is 1. The molecule has 3 N–H and O–H groups in total. The van der Waals surface area contributed by atoms with Crippen molar-refractivity contribution in [2.75, 3.05) is 20.6 Å². The number of halogens is 1. The van der Waals surface area contributed by atoms with Gasteiger partial charge in [0, 0.05) is 26.6 Å². The molecule has 1 aliphatic rings. The number of hydrogen-bond acceptors (Lipinski definition) is 3. The summed E-state index contributed by atoms with van der Waals surface area (Å²) in [7, 11) is 3.77. The summed E-state index contributed by atoms with van der Waals surface area (Å²) in [5.74, 6) is 2.03. The number of aliphatic hydroxyl groups is 1. The van der Waals surface area contributed by atoms with Gasteiger partial charge in [-0.3, -0.25) is 4.99 Å². The summed E-state index contributed by atoms with van der Waals surface area (Å²) < 4.78 is 0. The number of H-pyrrole nitrogens is 1. The quantitative estimate of drug-likeness (QED) is 0.358. The van der Waals surface area contributed by atoms with E-state index in [4.69, 9.17) is 0 Å². The Morgan fingerprint density at radius 3 is 2.77 bits per heavy atom. The van der Waals surface area contributed by atoms with Gasteiger partial charge in [-0.25, -0.2) is 4.98 Å². The van der Waals surface area contributed by atoms with Gasteiger partial charge in [-0.05, 0) is 18.4 Å². The maximum Gasteiger partial charge on any atom is 0.193 e. The largest absolute Gasteiger partial charge is 0.393 e. The maximum absolute atomic E-state index is 9.95. The predicted octanol–water partition coefficient (Wildman–Crippen LogP) is 2.86. The van der Waals surface area contributed by atoms with Gasteiger partial charge in [0.1, 0.15) is 5.82 Å². The smallest absolute Gasteiger partial charge is 0.193 e. The molecule has 0 saturated heterocycles. The molecule has 2 unspecified atom stereocenters. The Labute approximate surface area is 172 Å². The lowest BCUT2D eigenvalue weighted by molar-refractivity contribution is 0.134. The summed E-state index contributed by atoms with van der Waals surface area (Å²) in [6.07, 6.45) is 4.78. The second kappa shape index (κ2) is 9.91. The first-order valence-corrected chi connectivity index (χ1v) is 8.86.